The van der Waals surface area contributed by atoms with E-state index in [1.807, 2.05) is 35.2 Å². The van der Waals surface area contributed by atoms with E-state index in [-0.39, 0.29) is 11.3 Å². The normalized spacial score (nSPS) is 16.7. The summed E-state index contributed by atoms with van der Waals surface area (Å²) < 4.78 is 0. The molecule has 0 unspecified atom stereocenters. The number of rotatable bonds is 4. The molecule has 2 aliphatic heterocycles. The van der Waals surface area contributed by atoms with Gasteiger partial charge in [-0.1, -0.05) is 70.2 Å². The predicted octanol–water partition coefficient (Wildman–Crippen LogP) is 4.78. The Kier molecular flexibility index (Phi) is 6.80. The molecule has 0 atom stereocenters. The van der Waals surface area contributed by atoms with E-state index in [1.165, 1.54) is 5.56 Å². The first-order chi connectivity index (χ1) is 17.3. The monoisotopic (exact) mass is 483 g/mol. The molecule has 5 rings (SSSR count). The number of amides is 1. The smallest absolute Gasteiger partial charge is 0.254 e. The Morgan fingerprint density at radius 3 is 2.22 bits per heavy atom. The van der Waals surface area contributed by atoms with E-state index in [0.717, 1.165) is 73.2 Å². The molecule has 1 fully saturated rings. The van der Waals surface area contributed by atoms with Gasteiger partial charge in [0.1, 0.15) is 5.82 Å². The molecule has 2 aromatic carbocycles. The van der Waals surface area contributed by atoms with Crippen molar-refractivity contribution < 1.29 is 4.79 Å². The summed E-state index contributed by atoms with van der Waals surface area (Å²) in [5.74, 6) is 1.85. The molecule has 3 aromatic rings. The average Bonchev–Trinajstić information content (AvgIpc) is 2.92. The van der Waals surface area contributed by atoms with Crippen molar-refractivity contribution in [1.82, 2.24) is 19.8 Å². The third kappa shape index (κ3) is 5.00. The van der Waals surface area contributed by atoms with E-state index in [2.05, 4.69) is 61.8 Å². The molecule has 0 saturated carbocycles. The average molecular weight is 484 g/mol. The number of likely N-dealkylation sites (N-methyl/N-ethyl adjacent to an activating group) is 1. The van der Waals surface area contributed by atoms with Crippen molar-refractivity contribution in [2.24, 2.45) is 0 Å². The number of nitrogens with zero attached hydrogens (tertiary/aromatic N) is 5. The summed E-state index contributed by atoms with van der Waals surface area (Å²) in [6.45, 7) is 15.0. The number of aromatic nitrogens is 2. The molecule has 3 heterocycles. The third-order valence-electron chi connectivity index (χ3n) is 7.47. The number of anilines is 1. The minimum Gasteiger partial charge on any atom is -0.354 e. The lowest BCUT2D eigenvalue weighted by Crippen LogP contribution is -2.47. The zero-order chi connectivity index (χ0) is 25.3. The molecule has 2 aliphatic rings. The van der Waals surface area contributed by atoms with Gasteiger partial charge < -0.3 is 14.7 Å². The van der Waals surface area contributed by atoms with Gasteiger partial charge in [-0.3, -0.25) is 4.79 Å². The van der Waals surface area contributed by atoms with E-state index in [0.29, 0.717) is 13.1 Å². The van der Waals surface area contributed by atoms with Gasteiger partial charge in [-0.2, -0.15) is 0 Å². The van der Waals surface area contributed by atoms with Crippen molar-refractivity contribution >= 4 is 11.7 Å². The van der Waals surface area contributed by atoms with Crippen LogP contribution < -0.4 is 4.90 Å². The number of hydrogen-bond donors (Lipinski definition) is 0. The molecule has 1 saturated heterocycles. The second kappa shape index (κ2) is 10.0. The molecule has 0 aliphatic carbocycles. The molecule has 6 heteroatoms. The number of carbonyl (C=O) groups excluding carboxylic acids is 1. The van der Waals surface area contributed by atoms with Gasteiger partial charge in [-0.05, 0) is 29.7 Å². The molecule has 6 nitrogen and oxygen atoms in total. The Bertz CT molecular complexity index is 1210. The lowest BCUT2D eigenvalue weighted by Gasteiger charge is -2.38. The lowest BCUT2D eigenvalue weighted by molar-refractivity contribution is 0.0733. The zero-order valence-corrected chi connectivity index (χ0v) is 22.0. The SMILES string of the molecule is CCN1CCN(c2nc(-c3ccccc3)nc3c2CN(C(=O)c2ccc(C(C)(C)C)cc2)CC3)CC1. The second-order valence-electron chi connectivity index (χ2n) is 10.9. The Labute approximate surface area is 215 Å². The summed E-state index contributed by atoms with van der Waals surface area (Å²) in [5, 5.41) is 0. The topological polar surface area (TPSA) is 52.6 Å². The van der Waals surface area contributed by atoms with E-state index in [1.54, 1.807) is 0 Å². The van der Waals surface area contributed by atoms with Crippen LogP contribution in [0.1, 0.15) is 54.9 Å². The largest absolute Gasteiger partial charge is 0.354 e. The van der Waals surface area contributed by atoms with Gasteiger partial charge in [0.25, 0.3) is 5.91 Å². The zero-order valence-electron chi connectivity index (χ0n) is 22.0. The summed E-state index contributed by atoms with van der Waals surface area (Å²) in [5.41, 5.74) is 5.25. The van der Waals surface area contributed by atoms with Gasteiger partial charge in [0, 0.05) is 55.8 Å². The maximum absolute atomic E-state index is 13.5. The van der Waals surface area contributed by atoms with Crippen LogP contribution in [-0.2, 0) is 18.4 Å². The van der Waals surface area contributed by atoms with E-state index in [4.69, 9.17) is 9.97 Å². The third-order valence-corrected chi connectivity index (χ3v) is 7.47. The van der Waals surface area contributed by atoms with E-state index < -0.39 is 0 Å². The minimum atomic E-state index is 0.0656. The van der Waals surface area contributed by atoms with Crippen LogP contribution in [0.25, 0.3) is 11.4 Å². The molecular formula is C30H37N5O. The highest BCUT2D eigenvalue weighted by atomic mass is 16.2. The first-order valence-corrected chi connectivity index (χ1v) is 13.2. The maximum Gasteiger partial charge on any atom is 0.254 e. The predicted molar refractivity (Wildman–Crippen MR) is 145 cm³/mol. The lowest BCUT2D eigenvalue weighted by atomic mass is 9.86. The maximum atomic E-state index is 13.5. The molecule has 0 radical (unpaired) electrons. The Morgan fingerprint density at radius 1 is 0.889 bits per heavy atom. The van der Waals surface area contributed by atoms with Crippen LogP contribution in [0.3, 0.4) is 0 Å². The number of benzene rings is 2. The van der Waals surface area contributed by atoms with Crippen molar-refractivity contribution in [3.05, 3.63) is 77.0 Å². The molecular weight excluding hydrogens is 446 g/mol. The van der Waals surface area contributed by atoms with Crippen molar-refractivity contribution in [3.63, 3.8) is 0 Å². The van der Waals surface area contributed by atoms with Crippen LogP contribution in [0, 0.1) is 0 Å². The number of fused-ring (bicyclic) bond motifs is 1. The fraction of sp³-hybridized carbons (Fsp3) is 0.433. The molecule has 0 bridgehead atoms. The molecule has 1 aromatic heterocycles. The highest BCUT2D eigenvalue weighted by Gasteiger charge is 2.29. The van der Waals surface area contributed by atoms with Crippen LogP contribution in [0.5, 0.6) is 0 Å². The van der Waals surface area contributed by atoms with Crippen molar-refractivity contribution in [2.75, 3.05) is 44.2 Å². The first-order valence-electron chi connectivity index (χ1n) is 13.2. The molecule has 0 N–H and O–H groups in total. The van der Waals surface area contributed by atoms with Crippen LogP contribution in [0.15, 0.2) is 54.6 Å². The highest BCUT2D eigenvalue weighted by molar-refractivity contribution is 5.94. The molecule has 188 valence electrons. The van der Waals surface area contributed by atoms with E-state index >= 15 is 0 Å². The van der Waals surface area contributed by atoms with Gasteiger partial charge in [0.2, 0.25) is 0 Å². The van der Waals surface area contributed by atoms with Gasteiger partial charge in [-0.25, -0.2) is 9.97 Å². The highest BCUT2D eigenvalue weighted by Crippen LogP contribution is 2.31. The quantitative estimate of drug-likeness (QED) is 0.535. The van der Waals surface area contributed by atoms with Crippen LogP contribution >= 0.6 is 0 Å². The van der Waals surface area contributed by atoms with Crippen molar-refractivity contribution in [3.8, 4) is 11.4 Å². The number of carbonyl (C=O) groups is 1. The summed E-state index contributed by atoms with van der Waals surface area (Å²) in [6, 6.07) is 18.3. The summed E-state index contributed by atoms with van der Waals surface area (Å²) in [6.07, 6.45) is 0.741. The second-order valence-corrected chi connectivity index (χ2v) is 10.9. The van der Waals surface area contributed by atoms with Gasteiger partial charge >= 0.3 is 0 Å². The Morgan fingerprint density at radius 2 is 1.58 bits per heavy atom. The van der Waals surface area contributed by atoms with Crippen molar-refractivity contribution in [1.29, 1.82) is 0 Å². The Hall–Kier alpha value is -3.25. The van der Waals surface area contributed by atoms with Crippen LogP contribution in [0.2, 0.25) is 0 Å². The standard InChI is InChI=1S/C30H37N5O/c1-5-33-17-19-34(20-18-33)28-25-21-35(29(36)23-11-13-24(14-12-23)30(2,3)4)16-15-26(25)31-27(32-28)22-9-7-6-8-10-22/h6-14H,5,15-21H2,1-4H3. The molecule has 0 spiro atoms. The Balaban J connectivity index is 1.45. The fourth-order valence-electron chi connectivity index (χ4n) is 5.12. The van der Waals surface area contributed by atoms with Gasteiger partial charge in [-0.15, -0.1) is 0 Å². The molecule has 1 amide bonds. The minimum absolute atomic E-state index is 0.0656. The first kappa shape index (κ1) is 24.4. The summed E-state index contributed by atoms with van der Waals surface area (Å²) >= 11 is 0. The fourth-order valence-corrected chi connectivity index (χ4v) is 5.12. The molecule has 36 heavy (non-hydrogen) atoms. The summed E-state index contributed by atoms with van der Waals surface area (Å²) in [4.78, 5) is 30.4. The van der Waals surface area contributed by atoms with Crippen LogP contribution in [0.4, 0.5) is 5.82 Å². The summed E-state index contributed by atoms with van der Waals surface area (Å²) in [7, 11) is 0. The number of piperazine rings is 1. The number of hydrogen-bond acceptors (Lipinski definition) is 5. The van der Waals surface area contributed by atoms with Gasteiger partial charge in [0.05, 0.1) is 12.2 Å². The van der Waals surface area contributed by atoms with Crippen molar-refractivity contribution in [2.45, 2.75) is 46.1 Å². The van der Waals surface area contributed by atoms with Gasteiger partial charge in [0.15, 0.2) is 5.82 Å². The van der Waals surface area contributed by atoms with E-state index in [9.17, 15) is 4.79 Å². The van der Waals surface area contributed by atoms with Crippen LogP contribution in [-0.4, -0.2) is 64.9 Å².